The van der Waals surface area contributed by atoms with Gasteiger partial charge >= 0.3 is 0 Å². The average Bonchev–Trinajstić information content (AvgIpc) is 3.02. The molecule has 0 unspecified atom stereocenters. The first-order valence-electron chi connectivity index (χ1n) is 10.2. The molecular weight excluding hydrogens is 429 g/mol. The molecule has 0 aromatic heterocycles. The second-order valence-corrected chi connectivity index (χ2v) is 8.86. The highest BCUT2D eigenvalue weighted by Crippen LogP contribution is 2.48. The maximum atomic E-state index is 6.17. The van der Waals surface area contributed by atoms with E-state index >= 15 is 0 Å². The van der Waals surface area contributed by atoms with Gasteiger partial charge in [-0.05, 0) is 68.3 Å². The number of nitrogens with zero attached hydrogens (tertiary/aromatic N) is 1. The molecule has 31 heavy (non-hydrogen) atoms. The minimum absolute atomic E-state index is 0.534. The first-order valence-corrected chi connectivity index (χ1v) is 11.0. The molecule has 0 aliphatic carbocycles. The summed E-state index contributed by atoms with van der Waals surface area (Å²) in [4.78, 5) is 5.22. The molecule has 0 amide bonds. The molecule has 2 atom stereocenters. The largest absolute Gasteiger partial charge is 0.493 e. The fourth-order valence-electron chi connectivity index (χ4n) is 4.12. The number of aliphatic imine (C=N–C) groups is 1. The lowest BCUT2D eigenvalue weighted by Gasteiger charge is -2.40. The van der Waals surface area contributed by atoms with Crippen molar-refractivity contribution in [3.63, 3.8) is 0 Å². The minimum Gasteiger partial charge on any atom is -0.493 e. The molecule has 0 spiro atoms. The Labute approximate surface area is 193 Å². The minimum atomic E-state index is -0.619. The Bertz CT molecular complexity index is 1130. The van der Waals surface area contributed by atoms with Gasteiger partial charge in [0.1, 0.15) is 17.1 Å². The van der Waals surface area contributed by atoms with Crippen LogP contribution < -0.4 is 15.8 Å². The maximum Gasteiger partial charge on any atom is 0.133 e. The monoisotopic (exact) mass is 453 g/mol. The van der Waals surface area contributed by atoms with Crippen molar-refractivity contribution in [3.05, 3.63) is 93.5 Å². The zero-order valence-electron chi connectivity index (χ0n) is 17.7. The van der Waals surface area contributed by atoms with Gasteiger partial charge in [-0.3, -0.25) is 4.99 Å². The van der Waals surface area contributed by atoms with Gasteiger partial charge in [0.2, 0.25) is 0 Å². The van der Waals surface area contributed by atoms with E-state index in [2.05, 4.69) is 19.2 Å². The number of hydrogen-bond donors (Lipinski definition) is 2. The second kappa shape index (κ2) is 8.10. The lowest BCUT2D eigenvalue weighted by Crippen LogP contribution is -2.50. The van der Waals surface area contributed by atoms with Crippen LogP contribution in [0.25, 0.3) is 0 Å². The number of rotatable bonds is 5. The number of anilines is 1. The average molecular weight is 454 g/mol. The Hall–Kier alpha value is -2.69. The standard InChI is InChI=1S/C25H25Cl2N3O/c1-4-31-22-15-20(28)13-14-21(22)23-29-24(2,16-5-9-18(26)10-6-16)25(3,30-23)17-7-11-19(27)12-8-17/h5-15H,4,28H2,1-3H3,(H,29,30)/t24-,25+. The molecule has 1 heterocycles. The molecule has 0 fully saturated rings. The number of nitrogens with two attached hydrogens (primary N) is 1. The van der Waals surface area contributed by atoms with Crippen molar-refractivity contribution in [3.8, 4) is 5.75 Å². The zero-order chi connectivity index (χ0) is 22.2. The van der Waals surface area contributed by atoms with Crippen molar-refractivity contribution >= 4 is 34.7 Å². The molecule has 0 saturated carbocycles. The second-order valence-electron chi connectivity index (χ2n) is 7.99. The van der Waals surface area contributed by atoms with E-state index in [1.54, 1.807) is 0 Å². The lowest BCUT2D eigenvalue weighted by atomic mass is 9.72. The molecule has 4 rings (SSSR count). The molecule has 4 nitrogen and oxygen atoms in total. The number of halogens is 2. The Morgan fingerprint density at radius 3 is 2.06 bits per heavy atom. The molecule has 6 heteroatoms. The van der Waals surface area contributed by atoms with Crippen LogP contribution in [0.2, 0.25) is 10.0 Å². The van der Waals surface area contributed by atoms with Crippen molar-refractivity contribution in [2.24, 2.45) is 4.99 Å². The van der Waals surface area contributed by atoms with Gasteiger partial charge in [0, 0.05) is 21.8 Å². The summed E-state index contributed by atoms with van der Waals surface area (Å²) in [5.41, 5.74) is 8.47. The van der Waals surface area contributed by atoms with Crippen LogP contribution in [0.4, 0.5) is 5.69 Å². The SMILES string of the molecule is CCOc1cc(N)ccc1C1=N[C@](C)(c2ccc(Cl)cc2)[C@](C)(c2ccc(Cl)cc2)N1. The Morgan fingerprint density at radius 1 is 0.903 bits per heavy atom. The van der Waals surface area contributed by atoms with Crippen LogP contribution in [0.1, 0.15) is 37.5 Å². The van der Waals surface area contributed by atoms with E-state index < -0.39 is 11.1 Å². The van der Waals surface area contributed by atoms with Gasteiger partial charge in [-0.15, -0.1) is 0 Å². The number of nitrogen functional groups attached to an aromatic ring is 1. The molecule has 3 aromatic carbocycles. The molecule has 3 aromatic rings. The third-order valence-corrected chi connectivity index (χ3v) is 6.57. The third kappa shape index (κ3) is 3.75. The van der Waals surface area contributed by atoms with Gasteiger partial charge in [-0.2, -0.15) is 0 Å². The summed E-state index contributed by atoms with van der Waals surface area (Å²) in [5.74, 6) is 1.45. The number of hydrogen-bond acceptors (Lipinski definition) is 4. The van der Waals surface area contributed by atoms with Crippen LogP contribution in [-0.4, -0.2) is 12.4 Å². The molecule has 3 N–H and O–H groups in total. The highest BCUT2D eigenvalue weighted by atomic mass is 35.5. The molecule has 1 aliphatic heterocycles. The van der Waals surface area contributed by atoms with E-state index in [0.29, 0.717) is 28.1 Å². The Balaban J connectivity index is 1.90. The Kier molecular flexibility index (Phi) is 5.63. The maximum absolute atomic E-state index is 6.17. The number of benzene rings is 3. The summed E-state index contributed by atoms with van der Waals surface area (Å²) >= 11 is 12.3. The summed E-state index contributed by atoms with van der Waals surface area (Å²) in [7, 11) is 0. The van der Waals surface area contributed by atoms with Crippen LogP contribution >= 0.6 is 23.2 Å². The van der Waals surface area contributed by atoms with Crippen LogP contribution in [-0.2, 0) is 11.1 Å². The predicted octanol–water partition coefficient (Wildman–Crippen LogP) is 6.15. The molecular formula is C25H25Cl2N3O. The lowest BCUT2D eigenvalue weighted by molar-refractivity contribution is 0.268. The fraction of sp³-hybridized carbons (Fsp3) is 0.240. The van der Waals surface area contributed by atoms with Gasteiger partial charge in [-0.25, -0.2) is 0 Å². The van der Waals surface area contributed by atoms with Crippen molar-refractivity contribution in [2.75, 3.05) is 12.3 Å². The van der Waals surface area contributed by atoms with E-state index in [9.17, 15) is 0 Å². The topological polar surface area (TPSA) is 59.6 Å². The number of ether oxygens (including phenoxy) is 1. The molecule has 0 bridgehead atoms. The van der Waals surface area contributed by atoms with E-state index in [0.717, 1.165) is 22.5 Å². The van der Waals surface area contributed by atoms with Crippen molar-refractivity contribution in [1.29, 1.82) is 0 Å². The van der Waals surface area contributed by atoms with Crippen LogP contribution in [0, 0.1) is 0 Å². The van der Waals surface area contributed by atoms with E-state index in [4.69, 9.17) is 38.7 Å². The van der Waals surface area contributed by atoms with Gasteiger partial charge in [0.25, 0.3) is 0 Å². The number of nitrogens with one attached hydrogen (secondary N) is 1. The number of amidine groups is 1. The molecule has 0 saturated heterocycles. The summed E-state index contributed by atoms with van der Waals surface area (Å²) in [6.45, 7) is 6.76. The zero-order valence-corrected chi connectivity index (χ0v) is 19.3. The normalized spacial score (nSPS) is 22.7. The Morgan fingerprint density at radius 2 is 1.48 bits per heavy atom. The van der Waals surface area contributed by atoms with Gasteiger partial charge in [0.15, 0.2) is 0 Å². The van der Waals surface area contributed by atoms with E-state index in [1.807, 2.05) is 73.7 Å². The van der Waals surface area contributed by atoms with Crippen molar-refractivity contribution < 1.29 is 4.74 Å². The predicted molar refractivity (Wildman–Crippen MR) is 129 cm³/mol. The van der Waals surface area contributed by atoms with Crippen LogP contribution in [0.15, 0.2) is 71.7 Å². The van der Waals surface area contributed by atoms with Gasteiger partial charge in [0.05, 0.1) is 17.7 Å². The van der Waals surface area contributed by atoms with Gasteiger partial charge < -0.3 is 15.8 Å². The van der Waals surface area contributed by atoms with Gasteiger partial charge in [-0.1, -0.05) is 47.5 Å². The summed E-state index contributed by atoms with van der Waals surface area (Å²) in [5, 5.41) is 5.07. The highest BCUT2D eigenvalue weighted by Gasteiger charge is 2.52. The van der Waals surface area contributed by atoms with Crippen molar-refractivity contribution in [1.82, 2.24) is 5.32 Å². The molecule has 0 radical (unpaired) electrons. The third-order valence-electron chi connectivity index (χ3n) is 6.07. The molecule has 1 aliphatic rings. The van der Waals surface area contributed by atoms with Crippen LogP contribution in [0.5, 0.6) is 5.75 Å². The quantitative estimate of drug-likeness (QED) is 0.455. The summed E-state index contributed by atoms with van der Waals surface area (Å²) < 4.78 is 5.87. The van der Waals surface area contributed by atoms with E-state index in [-0.39, 0.29) is 0 Å². The van der Waals surface area contributed by atoms with Crippen molar-refractivity contribution in [2.45, 2.75) is 31.8 Å². The highest BCUT2D eigenvalue weighted by molar-refractivity contribution is 6.30. The summed E-state index contributed by atoms with van der Waals surface area (Å²) in [6.07, 6.45) is 0. The van der Waals surface area contributed by atoms with E-state index in [1.165, 1.54) is 0 Å². The first kappa shape index (κ1) is 21.5. The molecule has 160 valence electrons. The fourth-order valence-corrected chi connectivity index (χ4v) is 4.37. The summed E-state index contributed by atoms with van der Waals surface area (Å²) in [6, 6.07) is 21.4. The smallest absolute Gasteiger partial charge is 0.133 e. The first-order chi connectivity index (χ1) is 14.8. The van der Waals surface area contributed by atoms with Crippen LogP contribution in [0.3, 0.4) is 0 Å².